The van der Waals surface area contributed by atoms with Crippen molar-refractivity contribution < 1.29 is 13.5 Å². The van der Waals surface area contributed by atoms with E-state index < -0.39 is 10.0 Å². The SMILES string of the molecule is CCC(CO)Nc1ccccc1S(=O)(=O)N(C)C. The molecule has 102 valence electrons. The highest BCUT2D eigenvalue weighted by atomic mass is 32.2. The summed E-state index contributed by atoms with van der Waals surface area (Å²) < 4.78 is 25.4. The Morgan fingerprint density at radius 1 is 1.33 bits per heavy atom. The molecule has 0 heterocycles. The van der Waals surface area contributed by atoms with Gasteiger partial charge in [-0.3, -0.25) is 0 Å². The number of para-hydroxylation sites is 1. The van der Waals surface area contributed by atoms with Gasteiger partial charge in [0.25, 0.3) is 0 Å². The van der Waals surface area contributed by atoms with Gasteiger partial charge >= 0.3 is 0 Å². The van der Waals surface area contributed by atoms with Crippen LogP contribution < -0.4 is 5.32 Å². The lowest BCUT2D eigenvalue weighted by molar-refractivity contribution is 0.271. The predicted molar refractivity (Wildman–Crippen MR) is 72.1 cm³/mol. The van der Waals surface area contributed by atoms with Crippen molar-refractivity contribution >= 4 is 15.7 Å². The van der Waals surface area contributed by atoms with E-state index in [4.69, 9.17) is 5.11 Å². The van der Waals surface area contributed by atoms with Gasteiger partial charge in [-0.1, -0.05) is 19.1 Å². The lowest BCUT2D eigenvalue weighted by Crippen LogP contribution is -2.27. The van der Waals surface area contributed by atoms with Crippen LogP contribution in [0, 0.1) is 0 Å². The van der Waals surface area contributed by atoms with Gasteiger partial charge in [-0.15, -0.1) is 0 Å². The minimum absolute atomic E-state index is 0.0349. The first-order chi connectivity index (χ1) is 8.43. The monoisotopic (exact) mass is 272 g/mol. The molecule has 0 spiro atoms. The minimum Gasteiger partial charge on any atom is -0.394 e. The molecule has 0 aliphatic heterocycles. The first-order valence-electron chi connectivity index (χ1n) is 5.82. The number of rotatable bonds is 6. The van der Waals surface area contributed by atoms with Crippen LogP contribution in [0.15, 0.2) is 29.2 Å². The number of sulfonamides is 1. The van der Waals surface area contributed by atoms with Gasteiger partial charge in [-0.05, 0) is 18.6 Å². The molecule has 2 N–H and O–H groups in total. The summed E-state index contributed by atoms with van der Waals surface area (Å²) in [6.45, 7) is 1.89. The highest BCUT2D eigenvalue weighted by Crippen LogP contribution is 2.24. The second-order valence-corrected chi connectivity index (χ2v) is 6.34. The standard InChI is InChI=1S/C12H20N2O3S/c1-4-10(9-15)13-11-7-5-6-8-12(11)18(16,17)14(2)3/h5-8,10,13,15H,4,9H2,1-3H3. The van der Waals surface area contributed by atoms with Crippen LogP contribution in [0.4, 0.5) is 5.69 Å². The molecule has 6 heteroatoms. The van der Waals surface area contributed by atoms with Crippen molar-refractivity contribution in [1.82, 2.24) is 4.31 Å². The van der Waals surface area contributed by atoms with Gasteiger partial charge in [0.2, 0.25) is 10.0 Å². The van der Waals surface area contributed by atoms with Crippen LogP contribution in [0.5, 0.6) is 0 Å². The molecule has 1 aromatic carbocycles. The van der Waals surface area contributed by atoms with E-state index in [1.807, 2.05) is 6.92 Å². The quantitative estimate of drug-likeness (QED) is 0.814. The summed E-state index contributed by atoms with van der Waals surface area (Å²) in [5.41, 5.74) is 0.520. The normalized spacial score (nSPS) is 13.6. The molecule has 0 aromatic heterocycles. The summed E-state index contributed by atoms with van der Waals surface area (Å²) in [6, 6.07) is 6.56. The van der Waals surface area contributed by atoms with E-state index in [1.165, 1.54) is 18.4 Å². The molecule has 1 unspecified atom stereocenters. The smallest absolute Gasteiger partial charge is 0.244 e. The van der Waals surface area contributed by atoms with Crippen molar-refractivity contribution in [1.29, 1.82) is 0 Å². The van der Waals surface area contributed by atoms with E-state index in [0.717, 1.165) is 0 Å². The van der Waals surface area contributed by atoms with Crippen LogP contribution in [0.25, 0.3) is 0 Å². The third-order valence-corrected chi connectivity index (χ3v) is 4.59. The number of anilines is 1. The van der Waals surface area contributed by atoms with Crippen molar-refractivity contribution in [2.75, 3.05) is 26.0 Å². The van der Waals surface area contributed by atoms with Crippen molar-refractivity contribution in [3.8, 4) is 0 Å². The molecule has 18 heavy (non-hydrogen) atoms. The maximum absolute atomic E-state index is 12.1. The van der Waals surface area contributed by atoms with Gasteiger partial charge in [0, 0.05) is 20.1 Å². The molecule has 5 nitrogen and oxygen atoms in total. The molecular weight excluding hydrogens is 252 g/mol. The van der Waals surface area contributed by atoms with Crippen molar-refractivity contribution in [3.05, 3.63) is 24.3 Å². The number of hydrogen-bond acceptors (Lipinski definition) is 4. The van der Waals surface area contributed by atoms with E-state index in [-0.39, 0.29) is 17.5 Å². The number of aliphatic hydroxyl groups excluding tert-OH is 1. The Morgan fingerprint density at radius 2 is 1.94 bits per heavy atom. The zero-order chi connectivity index (χ0) is 13.8. The van der Waals surface area contributed by atoms with Gasteiger partial charge in [-0.25, -0.2) is 12.7 Å². The summed E-state index contributed by atoms with van der Waals surface area (Å²) in [7, 11) is -0.489. The first kappa shape index (κ1) is 14.9. The van der Waals surface area contributed by atoms with E-state index in [1.54, 1.807) is 24.3 Å². The predicted octanol–water partition coefficient (Wildman–Crippen LogP) is 1.12. The fourth-order valence-corrected chi connectivity index (χ4v) is 2.55. The van der Waals surface area contributed by atoms with E-state index in [2.05, 4.69) is 5.32 Å². The molecule has 0 saturated heterocycles. The highest BCUT2D eigenvalue weighted by molar-refractivity contribution is 7.89. The third-order valence-electron chi connectivity index (χ3n) is 2.72. The summed E-state index contributed by atoms with van der Waals surface area (Å²) in [5.74, 6) is 0. The maximum Gasteiger partial charge on any atom is 0.244 e. The topological polar surface area (TPSA) is 69.6 Å². The Morgan fingerprint density at radius 3 is 2.44 bits per heavy atom. The minimum atomic E-state index is -3.48. The van der Waals surface area contributed by atoms with Crippen LogP contribution in [0.2, 0.25) is 0 Å². The molecule has 0 aliphatic carbocycles. The lowest BCUT2D eigenvalue weighted by atomic mass is 10.2. The number of nitrogens with zero attached hydrogens (tertiary/aromatic N) is 1. The van der Waals surface area contributed by atoms with Crippen LogP contribution in [-0.4, -0.2) is 44.6 Å². The van der Waals surface area contributed by atoms with Crippen molar-refractivity contribution in [2.45, 2.75) is 24.3 Å². The maximum atomic E-state index is 12.1. The summed E-state index contributed by atoms with van der Waals surface area (Å²) >= 11 is 0. The molecule has 0 amide bonds. The zero-order valence-electron chi connectivity index (χ0n) is 10.9. The number of benzene rings is 1. The van der Waals surface area contributed by atoms with Crippen LogP contribution in [-0.2, 0) is 10.0 Å². The summed E-state index contributed by atoms with van der Waals surface area (Å²) in [4.78, 5) is 0.224. The van der Waals surface area contributed by atoms with Crippen molar-refractivity contribution in [2.24, 2.45) is 0 Å². The summed E-state index contributed by atoms with van der Waals surface area (Å²) in [6.07, 6.45) is 0.715. The highest BCUT2D eigenvalue weighted by Gasteiger charge is 2.21. The van der Waals surface area contributed by atoms with Gasteiger partial charge in [0.05, 0.1) is 12.3 Å². The largest absolute Gasteiger partial charge is 0.394 e. The fourth-order valence-electron chi connectivity index (χ4n) is 1.50. The summed E-state index contributed by atoms with van der Waals surface area (Å²) in [5, 5.41) is 12.2. The van der Waals surface area contributed by atoms with Crippen LogP contribution >= 0.6 is 0 Å². The van der Waals surface area contributed by atoms with E-state index in [9.17, 15) is 8.42 Å². The molecule has 1 aromatic rings. The van der Waals surface area contributed by atoms with Gasteiger partial charge in [-0.2, -0.15) is 0 Å². The number of hydrogen-bond donors (Lipinski definition) is 2. The number of aliphatic hydroxyl groups is 1. The Balaban J connectivity index is 3.15. The Hall–Kier alpha value is -1.11. The molecule has 0 saturated carbocycles. The Bertz CT molecular complexity index is 482. The molecular formula is C12H20N2O3S. The average molecular weight is 272 g/mol. The van der Waals surface area contributed by atoms with Crippen LogP contribution in [0.1, 0.15) is 13.3 Å². The zero-order valence-corrected chi connectivity index (χ0v) is 11.7. The molecule has 0 fully saturated rings. The van der Waals surface area contributed by atoms with E-state index >= 15 is 0 Å². The Kier molecular flexibility index (Phi) is 5.13. The molecule has 1 atom stereocenters. The lowest BCUT2D eigenvalue weighted by Gasteiger charge is -2.20. The van der Waals surface area contributed by atoms with Crippen LogP contribution in [0.3, 0.4) is 0 Å². The number of nitrogens with one attached hydrogen (secondary N) is 1. The third kappa shape index (κ3) is 3.22. The van der Waals surface area contributed by atoms with Gasteiger partial charge < -0.3 is 10.4 Å². The second-order valence-electron chi connectivity index (χ2n) is 4.22. The molecule has 0 radical (unpaired) electrons. The Labute approximate surface area is 108 Å². The van der Waals surface area contributed by atoms with Gasteiger partial charge in [0.1, 0.15) is 4.90 Å². The molecule has 0 bridgehead atoms. The average Bonchev–Trinajstić information content (AvgIpc) is 2.36. The fraction of sp³-hybridized carbons (Fsp3) is 0.500. The van der Waals surface area contributed by atoms with E-state index in [0.29, 0.717) is 12.1 Å². The molecule has 0 aliphatic rings. The molecule has 1 rings (SSSR count). The van der Waals surface area contributed by atoms with Gasteiger partial charge in [0.15, 0.2) is 0 Å². The first-order valence-corrected chi connectivity index (χ1v) is 7.26. The van der Waals surface area contributed by atoms with Crippen molar-refractivity contribution in [3.63, 3.8) is 0 Å². The second kappa shape index (κ2) is 6.17.